The molecule has 2 N–H and O–H groups in total. The van der Waals surface area contributed by atoms with Crippen molar-refractivity contribution in [1.29, 1.82) is 0 Å². The van der Waals surface area contributed by atoms with Gasteiger partial charge >= 0.3 is 0 Å². The molecule has 0 aromatic carbocycles. The summed E-state index contributed by atoms with van der Waals surface area (Å²) >= 11 is 1.86. The maximum absolute atomic E-state index is 11.5. The van der Waals surface area contributed by atoms with Crippen LogP contribution in [0.3, 0.4) is 0 Å². The van der Waals surface area contributed by atoms with E-state index in [1.165, 1.54) is 5.75 Å². The van der Waals surface area contributed by atoms with Crippen LogP contribution in [0.5, 0.6) is 0 Å². The van der Waals surface area contributed by atoms with E-state index in [-0.39, 0.29) is 24.0 Å². The minimum absolute atomic E-state index is 0. The molecule has 0 aliphatic carbocycles. The van der Waals surface area contributed by atoms with E-state index in [9.17, 15) is 4.79 Å². The van der Waals surface area contributed by atoms with Crippen LogP contribution in [-0.4, -0.2) is 61.5 Å². The van der Waals surface area contributed by atoms with Crippen LogP contribution in [0.2, 0.25) is 0 Å². The Morgan fingerprint density at radius 1 is 1.38 bits per heavy atom. The van der Waals surface area contributed by atoms with E-state index >= 15 is 0 Å². The normalized spacial score (nSPS) is 15.0. The van der Waals surface area contributed by atoms with E-state index in [0.29, 0.717) is 5.91 Å². The molecule has 0 atom stereocenters. The topological polar surface area (TPSA) is 56.7 Å². The minimum atomic E-state index is 0. The van der Waals surface area contributed by atoms with Crippen LogP contribution in [0.4, 0.5) is 0 Å². The van der Waals surface area contributed by atoms with Crippen LogP contribution in [0.15, 0.2) is 4.99 Å². The van der Waals surface area contributed by atoms with Crippen molar-refractivity contribution < 1.29 is 4.79 Å². The summed E-state index contributed by atoms with van der Waals surface area (Å²) in [6.07, 6.45) is 5.95. The van der Waals surface area contributed by atoms with Crippen molar-refractivity contribution in [2.45, 2.75) is 32.6 Å². The van der Waals surface area contributed by atoms with Crippen molar-refractivity contribution in [1.82, 2.24) is 15.5 Å². The zero-order valence-corrected chi connectivity index (χ0v) is 16.3. The monoisotopic (exact) mass is 428 g/mol. The largest absolute Gasteiger partial charge is 0.357 e. The Morgan fingerprint density at radius 3 is 2.81 bits per heavy atom. The molecule has 1 fully saturated rings. The second-order valence-corrected chi connectivity index (χ2v) is 5.86. The minimum Gasteiger partial charge on any atom is -0.357 e. The number of halogens is 1. The van der Waals surface area contributed by atoms with Crippen molar-refractivity contribution in [2.24, 2.45) is 4.99 Å². The van der Waals surface area contributed by atoms with Gasteiger partial charge in [-0.25, -0.2) is 0 Å². The summed E-state index contributed by atoms with van der Waals surface area (Å²) < 4.78 is 0. The zero-order valence-electron chi connectivity index (χ0n) is 13.2. The number of likely N-dealkylation sites (tertiary alicyclic amines) is 1. The Labute approximate surface area is 150 Å². The van der Waals surface area contributed by atoms with Crippen LogP contribution in [0.1, 0.15) is 32.6 Å². The van der Waals surface area contributed by atoms with Crippen LogP contribution in [0.25, 0.3) is 0 Å². The molecule has 0 aromatic rings. The number of amides is 1. The Morgan fingerprint density at radius 2 is 2.19 bits per heavy atom. The molecule has 7 heteroatoms. The molecule has 1 heterocycles. The molecule has 1 aliphatic heterocycles. The highest BCUT2D eigenvalue weighted by Gasteiger charge is 2.18. The van der Waals surface area contributed by atoms with Gasteiger partial charge in [0.25, 0.3) is 0 Å². The molecule has 0 radical (unpaired) electrons. The third kappa shape index (κ3) is 9.44. The van der Waals surface area contributed by atoms with Gasteiger partial charge in [-0.2, -0.15) is 11.8 Å². The van der Waals surface area contributed by atoms with Gasteiger partial charge in [0.2, 0.25) is 5.91 Å². The predicted molar refractivity (Wildman–Crippen MR) is 103 cm³/mol. The van der Waals surface area contributed by atoms with E-state index in [4.69, 9.17) is 0 Å². The number of hydrogen-bond acceptors (Lipinski definition) is 3. The number of nitrogens with one attached hydrogen (secondary N) is 2. The zero-order chi connectivity index (χ0) is 14.6. The van der Waals surface area contributed by atoms with Crippen molar-refractivity contribution in [3.8, 4) is 0 Å². The highest BCUT2D eigenvalue weighted by Crippen LogP contribution is 2.09. The Balaban J connectivity index is 0.00000400. The summed E-state index contributed by atoms with van der Waals surface area (Å²) in [7, 11) is 0. The Kier molecular flexibility index (Phi) is 13.4. The molecule has 0 bridgehead atoms. The molecule has 124 valence electrons. The SMILES string of the molecule is CCNC(=NCCCN1CCCC1=O)NCCCSC.I. The number of carbonyl (C=O) groups excluding carboxylic acids is 1. The first-order valence-corrected chi connectivity index (χ1v) is 8.96. The molecular weight excluding hydrogens is 399 g/mol. The highest BCUT2D eigenvalue weighted by molar-refractivity contribution is 14.0. The lowest BCUT2D eigenvalue weighted by molar-refractivity contribution is -0.127. The first-order valence-electron chi connectivity index (χ1n) is 7.56. The summed E-state index contributed by atoms with van der Waals surface area (Å²) in [5.41, 5.74) is 0. The second-order valence-electron chi connectivity index (χ2n) is 4.87. The van der Waals surface area contributed by atoms with E-state index in [1.54, 1.807) is 0 Å². The fourth-order valence-electron chi connectivity index (χ4n) is 2.16. The van der Waals surface area contributed by atoms with Crippen molar-refractivity contribution in [2.75, 3.05) is 44.7 Å². The van der Waals surface area contributed by atoms with Crippen LogP contribution in [-0.2, 0) is 4.79 Å². The number of rotatable bonds is 9. The molecule has 0 spiro atoms. The molecule has 1 aliphatic rings. The summed E-state index contributed by atoms with van der Waals surface area (Å²) in [4.78, 5) is 18.0. The van der Waals surface area contributed by atoms with E-state index in [0.717, 1.165) is 64.4 Å². The van der Waals surface area contributed by atoms with Gasteiger partial charge in [-0.05, 0) is 38.2 Å². The molecule has 0 unspecified atom stereocenters. The maximum atomic E-state index is 11.5. The number of thioether (sulfide) groups is 1. The lowest BCUT2D eigenvalue weighted by atomic mass is 10.4. The van der Waals surface area contributed by atoms with Crippen molar-refractivity contribution in [3.05, 3.63) is 0 Å². The predicted octanol–water partition coefficient (Wildman–Crippen LogP) is 1.93. The maximum Gasteiger partial charge on any atom is 0.222 e. The van der Waals surface area contributed by atoms with Gasteiger partial charge < -0.3 is 15.5 Å². The highest BCUT2D eigenvalue weighted by atomic mass is 127. The average Bonchev–Trinajstić information content (AvgIpc) is 2.85. The van der Waals surface area contributed by atoms with Gasteiger partial charge in [-0.15, -0.1) is 24.0 Å². The number of nitrogens with zero attached hydrogens (tertiary/aromatic N) is 2. The molecule has 1 rings (SSSR count). The fraction of sp³-hybridized carbons (Fsp3) is 0.857. The molecule has 0 saturated carbocycles. The van der Waals surface area contributed by atoms with Gasteiger partial charge in [0, 0.05) is 39.1 Å². The van der Waals surface area contributed by atoms with Crippen molar-refractivity contribution >= 4 is 47.6 Å². The number of carbonyl (C=O) groups is 1. The number of aliphatic imine (C=N–C) groups is 1. The van der Waals surface area contributed by atoms with Crippen LogP contribution in [0, 0.1) is 0 Å². The summed E-state index contributed by atoms with van der Waals surface area (Å²) in [6, 6.07) is 0. The molecule has 1 saturated heterocycles. The summed E-state index contributed by atoms with van der Waals surface area (Å²) in [5.74, 6) is 2.36. The van der Waals surface area contributed by atoms with Crippen LogP contribution >= 0.6 is 35.7 Å². The molecule has 1 amide bonds. The Bertz CT molecular complexity index is 315. The molecular formula is C14H29IN4OS. The first-order chi connectivity index (χ1) is 9.77. The van der Waals surface area contributed by atoms with E-state index in [2.05, 4.69) is 28.8 Å². The third-order valence-electron chi connectivity index (χ3n) is 3.19. The van der Waals surface area contributed by atoms with Gasteiger partial charge in [-0.1, -0.05) is 0 Å². The average molecular weight is 428 g/mol. The second kappa shape index (κ2) is 13.5. The van der Waals surface area contributed by atoms with E-state index < -0.39 is 0 Å². The lowest BCUT2D eigenvalue weighted by Gasteiger charge is -2.15. The van der Waals surface area contributed by atoms with Gasteiger partial charge in [-0.3, -0.25) is 9.79 Å². The first kappa shape index (κ1) is 20.8. The number of hydrogen-bond donors (Lipinski definition) is 2. The fourth-order valence-corrected chi connectivity index (χ4v) is 2.59. The third-order valence-corrected chi connectivity index (χ3v) is 3.89. The smallest absolute Gasteiger partial charge is 0.222 e. The molecule has 0 aromatic heterocycles. The van der Waals surface area contributed by atoms with E-state index in [1.807, 2.05) is 16.7 Å². The molecule has 21 heavy (non-hydrogen) atoms. The van der Waals surface area contributed by atoms with Gasteiger partial charge in [0.15, 0.2) is 5.96 Å². The lowest BCUT2D eigenvalue weighted by Crippen LogP contribution is -2.38. The standard InChI is InChI=1S/C14H28N4OS.HI/c1-3-15-14(17-9-6-12-20-2)16-8-5-11-18-10-4-7-13(18)19;/h3-12H2,1-2H3,(H2,15,16,17);1H. The van der Waals surface area contributed by atoms with Gasteiger partial charge in [0.05, 0.1) is 0 Å². The summed E-state index contributed by atoms with van der Waals surface area (Å²) in [6.45, 7) is 6.43. The quantitative estimate of drug-likeness (QED) is 0.255. The summed E-state index contributed by atoms with van der Waals surface area (Å²) in [5, 5.41) is 6.59. The van der Waals surface area contributed by atoms with Crippen LogP contribution < -0.4 is 10.6 Å². The van der Waals surface area contributed by atoms with Crippen molar-refractivity contribution in [3.63, 3.8) is 0 Å². The number of guanidine groups is 1. The van der Waals surface area contributed by atoms with Gasteiger partial charge in [0.1, 0.15) is 0 Å². The Hall–Kier alpha value is -0.180. The molecule has 5 nitrogen and oxygen atoms in total.